The van der Waals surface area contributed by atoms with Gasteiger partial charge in [0.15, 0.2) is 5.54 Å². The molecule has 2 saturated heterocycles. The van der Waals surface area contributed by atoms with Crippen molar-refractivity contribution in [2.75, 3.05) is 23.0 Å². The van der Waals surface area contributed by atoms with Crippen molar-refractivity contribution >= 4 is 23.3 Å². The molecule has 0 N–H and O–H groups in total. The zero-order chi connectivity index (χ0) is 21.9. The van der Waals surface area contributed by atoms with Crippen molar-refractivity contribution < 1.29 is 40.7 Å². The summed E-state index contributed by atoms with van der Waals surface area (Å²) >= 11 is 0. The number of benzene rings is 2. The lowest BCUT2D eigenvalue weighted by Crippen LogP contribution is -2.64. The predicted molar refractivity (Wildman–Crippen MR) is 91.8 cm³/mol. The first-order valence-electron chi connectivity index (χ1n) is 8.56. The number of imide groups is 1. The molecule has 0 aliphatic carbocycles. The predicted octanol–water partition coefficient (Wildman–Crippen LogP) is 4.47. The van der Waals surface area contributed by atoms with Gasteiger partial charge in [-0.25, -0.2) is 9.69 Å². The van der Waals surface area contributed by atoms with Crippen LogP contribution < -0.4 is 9.80 Å². The Morgan fingerprint density at radius 3 is 1.53 bits per heavy atom. The van der Waals surface area contributed by atoms with Crippen molar-refractivity contribution in [2.45, 2.75) is 17.9 Å². The molecule has 2 aromatic rings. The van der Waals surface area contributed by atoms with Gasteiger partial charge < -0.3 is 4.74 Å². The van der Waals surface area contributed by atoms with E-state index in [1.54, 1.807) is 0 Å². The number of hydrogen-bond donors (Lipinski definition) is 0. The van der Waals surface area contributed by atoms with Crippen LogP contribution in [0.15, 0.2) is 48.5 Å². The lowest BCUT2D eigenvalue weighted by molar-refractivity contribution is -0.138. The van der Waals surface area contributed by atoms with Crippen LogP contribution >= 0.6 is 0 Å². The minimum atomic E-state index is -4.59. The lowest BCUT2D eigenvalue weighted by atomic mass is 9.94. The Hall–Kier alpha value is -3.08. The summed E-state index contributed by atoms with van der Waals surface area (Å²) in [7, 11) is 0. The molecule has 2 aliphatic heterocycles. The number of halogens is 6. The van der Waals surface area contributed by atoms with Crippen LogP contribution in [0.4, 0.5) is 42.5 Å². The maximum atomic E-state index is 13.0. The number of amides is 3. The van der Waals surface area contributed by atoms with Gasteiger partial charge in [0.25, 0.3) is 5.91 Å². The summed E-state index contributed by atoms with van der Waals surface area (Å²) in [6.45, 7) is -0.370. The van der Waals surface area contributed by atoms with E-state index in [1.807, 2.05) is 0 Å². The first-order chi connectivity index (χ1) is 13.9. The smallest absolute Gasteiger partial charge is 0.375 e. The van der Waals surface area contributed by atoms with E-state index in [2.05, 4.69) is 0 Å². The van der Waals surface area contributed by atoms with E-state index in [1.165, 1.54) is 0 Å². The highest BCUT2D eigenvalue weighted by Crippen LogP contribution is 2.42. The Morgan fingerprint density at radius 2 is 1.17 bits per heavy atom. The van der Waals surface area contributed by atoms with Gasteiger partial charge in [-0.15, -0.1) is 0 Å². The maximum absolute atomic E-state index is 13.0. The van der Waals surface area contributed by atoms with E-state index in [-0.39, 0.29) is 24.6 Å². The van der Waals surface area contributed by atoms with Gasteiger partial charge in [-0.3, -0.25) is 9.69 Å². The highest BCUT2D eigenvalue weighted by molar-refractivity contribution is 6.31. The minimum absolute atomic E-state index is 0.0408. The SMILES string of the molecule is O=C1N(c2ccc(C(F)(F)F)cc2)C(=O)C2(COC2)N1c1ccc(C(F)(F)F)cc1. The summed E-state index contributed by atoms with van der Waals surface area (Å²) in [6.07, 6.45) is -9.17. The minimum Gasteiger partial charge on any atom is -0.375 e. The molecule has 2 fully saturated rings. The summed E-state index contributed by atoms with van der Waals surface area (Å²) in [4.78, 5) is 27.7. The fourth-order valence-electron chi connectivity index (χ4n) is 3.41. The van der Waals surface area contributed by atoms with Crippen LogP contribution in [-0.4, -0.2) is 30.7 Å². The zero-order valence-corrected chi connectivity index (χ0v) is 14.9. The summed E-state index contributed by atoms with van der Waals surface area (Å²) in [5, 5.41) is 0. The standard InChI is InChI=1S/C19H12F6N2O3/c20-18(21,22)11-1-5-13(6-2-11)26-15(28)17(9-30-10-17)27(16(26)29)14-7-3-12(4-8-14)19(23,24)25/h1-8H,9-10H2. The number of hydrogen-bond acceptors (Lipinski definition) is 3. The Labute approximate surface area is 165 Å². The molecule has 0 radical (unpaired) electrons. The van der Waals surface area contributed by atoms with Crippen LogP contribution in [0.2, 0.25) is 0 Å². The second-order valence-corrected chi connectivity index (χ2v) is 6.87. The maximum Gasteiger partial charge on any atom is 0.416 e. The average Bonchev–Trinajstić information content (AvgIpc) is 2.87. The molecule has 11 heteroatoms. The van der Waals surface area contributed by atoms with Gasteiger partial charge in [-0.05, 0) is 48.5 Å². The zero-order valence-electron chi connectivity index (χ0n) is 14.9. The quantitative estimate of drug-likeness (QED) is 0.522. The van der Waals surface area contributed by atoms with E-state index >= 15 is 0 Å². The molecule has 3 amide bonds. The van der Waals surface area contributed by atoms with Crippen LogP contribution in [0.3, 0.4) is 0 Å². The molecular weight excluding hydrogens is 418 g/mol. The van der Waals surface area contributed by atoms with Gasteiger partial charge in [0, 0.05) is 5.69 Å². The fourth-order valence-corrected chi connectivity index (χ4v) is 3.41. The fraction of sp³-hybridized carbons (Fsp3) is 0.263. The van der Waals surface area contributed by atoms with Crippen LogP contribution in [0.25, 0.3) is 0 Å². The third-order valence-corrected chi connectivity index (χ3v) is 5.00. The molecule has 5 nitrogen and oxygen atoms in total. The monoisotopic (exact) mass is 430 g/mol. The topological polar surface area (TPSA) is 49.9 Å². The third kappa shape index (κ3) is 3.00. The van der Waals surface area contributed by atoms with Gasteiger partial charge in [0.1, 0.15) is 0 Å². The van der Waals surface area contributed by atoms with E-state index in [0.717, 1.165) is 53.4 Å². The molecule has 0 bridgehead atoms. The molecule has 0 aromatic heterocycles. The Kier molecular flexibility index (Phi) is 4.35. The van der Waals surface area contributed by atoms with Crippen molar-refractivity contribution in [1.82, 2.24) is 0 Å². The molecule has 2 aliphatic rings. The summed E-state index contributed by atoms with van der Waals surface area (Å²) < 4.78 is 81.9. The van der Waals surface area contributed by atoms with Crippen LogP contribution in [0, 0.1) is 0 Å². The van der Waals surface area contributed by atoms with Gasteiger partial charge in [0.05, 0.1) is 30.0 Å². The third-order valence-electron chi connectivity index (χ3n) is 5.00. The van der Waals surface area contributed by atoms with E-state index in [4.69, 9.17) is 4.74 Å². The van der Waals surface area contributed by atoms with Crippen LogP contribution in [0.5, 0.6) is 0 Å². The summed E-state index contributed by atoms with van der Waals surface area (Å²) in [6, 6.07) is 6.24. The van der Waals surface area contributed by atoms with Gasteiger partial charge >= 0.3 is 18.4 Å². The van der Waals surface area contributed by atoms with Gasteiger partial charge in [-0.1, -0.05) is 0 Å². The first kappa shape index (κ1) is 20.2. The van der Waals surface area contributed by atoms with Crippen molar-refractivity contribution in [3.8, 4) is 0 Å². The number of urea groups is 1. The number of carbonyl (C=O) groups is 2. The number of nitrogens with zero attached hydrogens (tertiary/aromatic N) is 2. The van der Waals surface area contributed by atoms with Crippen molar-refractivity contribution in [2.24, 2.45) is 0 Å². The normalized spacial score (nSPS) is 18.9. The number of ether oxygens (including phenoxy) is 1. The molecule has 0 unspecified atom stereocenters. The Bertz CT molecular complexity index is 995. The van der Waals surface area contributed by atoms with E-state index < -0.39 is 41.0 Å². The summed E-state index contributed by atoms with van der Waals surface area (Å²) in [5.74, 6) is -0.724. The number of rotatable bonds is 2. The molecular formula is C19H12F6N2O3. The largest absolute Gasteiger partial charge is 0.416 e. The number of alkyl halides is 6. The molecule has 158 valence electrons. The molecule has 1 spiro atoms. The molecule has 0 saturated carbocycles. The molecule has 2 heterocycles. The lowest BCUT2D eigenvalue weighted by Gasteiger charge is -2.41. The first-order valence-corrected chi connectivity index (χ1v) is 8.56. The van der Waals surface area contributed by atoms with Crippen LogP contribution in [-0.2, 0) is 21.9 Å². The summed E-state index contributed by atoms with van der Waals surface area (Å²) in [5.41, 5.74) is -3.38. The van der Waals surface area contributed by atoms with Crippen LogP contribution in [0.1, 0.15) is 11.1 Å². The van der Waals surface area contributed by atoms with Crippen molar-refractivity contribution in [3.05, 3.63) is 59.7 Å². The molecule has 0 atom stereocenters. The second kappa shape index (κ2) is 6.46. The highest BCUT2D eigenvalue weighted by Gasteiger charge is 2.63. The number of carbonyl (C=O) groups excluding carboxylic acids is 2. The van der Waals surface area contributed by atoms with Gasteiger partial charge in [-0.2, -0.15) is 26.3 Å². The number of anilines is 2. The molecule has 30 heavy (non-hydrogen) atoms. The van der Waals surface area contributed by atoms with E-state index in [9.17, 15) is 35.9 Å². The van der Waals surface area contributed by atoms with E-state index in [0.29, 0.717) is 4.90 Å². The second-order valence-electron chi connectivity index (χ2n) is 6.87. The highest BCUT2D eigenvalue weighted by atomic mass is 19.4. The Morgan fingerprint density at radius 1 is 0.733 bits per heavy atom. The van der Waals surface area contributed by atoms with Gasteiger partial charge in [0.2, 0.25) is 0 Å². The molecule has 2 aromatic carbocycles. The molecule has 4 rings (SSSR count). The Balaban J connectivity index is 1.71. The van der Waals surface area contributed by atoms with Crippen molar-refractivity contribution in [3.63, 3.8) is 0 Å². The average molecular weight is 430 g/mol. The van der Waals surface area contributed by atoms with Crippen molar-refractivity contribution in [1.29, 1.82) is 0 Å².